The quantitative estimate of drug-likeness (QED) is 0.456. The number of hydrogen-bond acceptors (Lipinski definition) is 3. The van der Waals surface area contributed by atoms with Gasteiger partial charge in [-0.15, -0.1) is 12.4 Å². The Balaban J connectivity index is 0.00000112. The van der Waals surface area contributed by atoms with Crippen LogP contribution in [0, 0.1) is 17.8 Å². The lowest BCUT2D eigenvalue weighted by Crippen LogP contribution is -2.24. The first-order valence-electron chi connectivity index (χ1n) is 5.21. The number of hydrogen-bond donors (Lipinski definition) is 1. The van der Waals surface area contributed by atoms with Gasteiger partial charge in [-0.05, 0) is 42.8 Å². The van der Waals surface area contributed by atoms with Crippen molar-refractivity contribution in [2.45, 2.75) is 6.42 Å². The Kier molecular flexibility index (Phi) is 5.19. The number of nitrogens with zero attached hydrogens (tertiary/aromatic N) is 3. The third kappa shape index (κ3) is 2.98. The Morgan fingerprint density at radius 1 is 1.47 bits per heavy atom. The molecule has 0 aromatic carbocycles. The molecule has 0 saturated carbocycles. The largest absolute Gasteiger partial charge is 0.381 e. The minimum absolute atomic E-state index is 0. The highest BCUT2D eigenvalue weighted by molar-refractivity contribution is 5.85. The van der Waals surface area contributed by atoms with E-state index >= 15 is 0 Å². The van der Waals surface area contributed by atoms with Crippen LogP contribution in [-0.4, -0.2) is 32.8 Å². The van der Waals surface area contributed by atoms with Crippen LogP contribution in [-0.2, 0) is 4.74 Å². The topological polar surface area (TPSA) is 70.0 Å². The first kappa shape index (κ1) is 12.6. The molecule has 0 bridgehead atoms. The second kappa shape index (κ2) is 6.18. The van der Waals surface area contributed by atoms with Gasteiger partial charge in [0.25, 0.3) is 0 Å². The minimum Gasteiger partial charge on any atom is -0.381 e. The van der Waals surface area contributed by atoms with Crippen molar-refractivity contribution in [2.75, 3.05) is 32.8 Å². The second-order valence-corrected chi connectivity index (χ2v) is 4.12. The summed E-state index contributed by atoms with van der Waals surface area (Å²) >= 11 is 0. The van der Waals surface area contributed by atoms with Gasteiger partial charge in [-0.25, -0.2) is 0 Å². The van der Waals surface area contributed by atoms with Crippen LogP contribution in [0.15, 0.2) is 5.11 Å². The van der Waals surface area contributed by atoms with E-state index in [4.69, 9.17) is 10.3 Å². The summed E-state index contributed by atoms with van der Waals surface area (Å²) in [6.07, 6.45) is 1.17. The summed E-state index contributed by atoms with van der Waals surface area (Å²) in [7, 11) is 0. The van der Waals surface area contributed by atoms with Crippen molar-refractivity contribution in [3.8, 4) is 0 Å². The Morgan fingerprint density at radius 2 is 2.33 bits per heavy atom. The zero-order valence-corrected chi connectivity index (χ0v) is 9.45. The Labute approximate surface area is 95.6 Å². The molecule has 2 rings (SSSR count). The molecular formula is C9H17ClN4O. The molecule has 2 saturated heterocycles. The van der Waals surface area contributed by atoms with Crippen LogP contribution < -0.4 is 5.32 Å². The fourth-order valence-corrected chi connectivity index (χ4v) is 2.54. The van der Waals surface area contributed by atoms with E-state index in [1.165, 1.54) is 6.42 Å². The molecule has 0 radical (unpaired) electrons. The van der Waals surface area contributed by atoms with E-state index < -0.39 is 0 Å². The first-order chi connectivity index (χ1) is 6.92. The van der Waals surface area contributed by atoms with Crippen LogP contribution >= 0.6 is 12.4 Å². The third-order valence-electron chi connectivity index (χ3n) is 3.34. The predicted molar refractivity (Wildman–Crippen MR) is 60.0 cm³/mol. The van der Waals surface area contributed by atoms with Crippen molar-refractivity contribution in [1.82, 2.24) is 5.32 Å². The van der Waals surface area contributed by atoms with E-state index in [1.807, 2.05) is 0 Å². The molecule has 0 amide bonds. The smallest absolute Gasteiger partial charge is 0.0498 e. The minimum atomic E-state index is 0. The molecule has 86 valence electrons. The van der Waals surface area contributed by atoms with Gasteiger partial charge in [0.1, 0.15) is 0 Å². The fourth-order valence-electron chi connectivity index (χ4n) is 2.54. The van der Waals surface area contributed by atoms with Gasteiger partial charge in [-0.2, -0.15) is 0 Å². The van der Waals surface area contributed by atoms with Gasteiger partial charge in [-0.1, -0.05) is 5.11 Å². The SMILES string of the molecule is Cl.[N-]=[N+]=NCC1CNCC1C1CCOC1. The van der Waals surface area contributed by atoms with Gasteiger partial charge in [0, 0.05) is 24.7 Å². The summed E-state index contributed by atoms with van der Waals surface area (Å²) in [5.41, 5.74) is 8.29. The fraction of sp³-hybridized carbons (Fsp3) is 1.00. The van der Waals surface area contributed by atoms with Crippen molar-refractivity contribution in [3.63, 3.8) is 0 Å². The van der Waals surface area contributed by atoms with Gasteiger partial charge in [0.15, 0.2) is 0 Å². The van der Waals surface area contributed by atoms with E-state index in [1.54, 1.807) is 0 Å². The highest BCUT2D eigenvalue weighted by Gasteiger charge is 2.34. The number of nitrogens with one attached hydrogen (secondary N) is 1. The third-order valence-corrected chi connectivity index (χ3v) is 3.34. The summed E-state index contributed by atoms with van der Waals surface area (Å²) in [6.45, 7) is 4.46. The molecule has 6 heteroatoms. The molecule has 3 atom stereocenters. The monoisotopic (exact) mass is 232 g/mol. The molecule has 0 aliphatic carbocycles. The lowest BCUT2D eigenvalue weighted by Gasteiger charge is -2.21. The first-order valence-corrected chi connectivity index (χ1v) is 5.21. The Morgan fingerprint density at radius 3 is 3.00 bits per heavy atom. The molecular weight excluding hydrogens is 216 g/mol. The van der Waals surface area contributed by atoms with E-state index in [9.17, 15) is 0 Å². The van der Waals surface area contributed by atoms with Gasteiger partial charge < -0.3 is 10.1 Å². The Bertz CT molecular complexity index is 238. The average molecular weight is 233 g/mol. The number of ether oxygens (including phenoxy) is 1. The molecule has 2 aliphatic heterocycles. The second-order valence-electron chi connectivity index (χ2n) is 4.12. The number of rotatable bonds is 3. The van der Waals surface area contributed by atoms with Gasteiger partial charge in [-0.3, -0.25) is 0 Å². The van der Waals surface area contributed by atoms with Crippen LogP contribution in [0.2, 0.25) is 0 Å². The number of halogens is 1. The summed E-state index contributed by atoms with van der Waals surface area (Å²) in [4.78, 5) is 2.83. The Hall–Kier alpha value is -0.480. The van der Waals surface area contributed by atoms with Crippen molar-refractivity contribution in [1.29, 1.82) is 0 Å². The molecule has 0 aromatic heterocycles. The van der Waals surface area contributed by atoms with Crippen molar-refractivity contribution < 1.29 is 4.74 Å². The van der Waals surface area contributed by atoms with E-state index in [-0.39, 0.29) is 12.4 Å². The van der Waals surface area contributed by atoms with Crippen LogP contribution in [0.5, 0.6) is 0 Å². The molecule has 2 heterocycles. The summed E-state index contributed by atoms with van der Waals surface area (Å²) in [6, 6.07) is 0. The number of azide groups is 1. The van der Waals surface area contributed by atoms with Crippen LogP contribution in [0.3, 0.4) is 0 Å². The molecule has 0 spiro atoms. The molecule has 2 aliphatic rings. The normalized spacial score (nSPS) is 34.5. The molecule has 0 aromatic rings. The highest BCUT2D eigenvalue weighted by atomic mass is 35.5. The zero-order valence-electron chi connectivity index (χ0n) is 8.63. The lowest BCUT2D eigenvalue weighted by atomic mass is 9.83. The van der Waals surface area contributed by atoms with Crippen LogP contribution in [0.25, 0.3) is 10.4 Å². The molecule has 1 N–H and O–H groups in total. The maximum atomic E-state index is 8.29. The average Bonchev–Trinajstić information content (AvgIpc) is 2.84. The zero-order chi connectivity index (χ0) is 9.80. The van der Waals surface area contributed by atoms with Crippen molar-refractivity contribution >= 4 is 12.4 Å². The predicted octanol–water partition coefficient (Wildman–Crippen LogP) is 1.59. The van der Waals surface area contributed by atoms with Gasteiger partial charge >= 0.3 is 0 Å². The van der Waals surface area contributed by atoms with E-state index in [2.05, 4.69) is 15.3 Å². The van der Waals surface area contributed by atoms with Crippen molar-refractivity contribution in [3.05, 3.63) is 10.4 Å². The summed E-state index contributed by atoms with van der Waals surface area (Å²) in [5.74, 6) is 1.82. The standard InChI is InChI=1S/C9H16N4O.ClH/c10-13-12-4-8-3-11-5-9(8)7-1-2-14-6-7;/h7-9,11H,1-6H2;1H. The maximum Gasteiger partial charge on any atom is 0.0498 e. The van der Waals surface area contributed by atoms with Crippen LogP contribution in [0.4, 0.5) is 0 Å². The van der Waals surface area contributed by atoms with Crippen LogP contribution in [0.1, 0.15) is 6.42 Å². The lowest BCUT2D eigenvalue weighted by molar-refractivity contribution is 0.166. The summed E-state index contributed by atoms with van der Waals surface area (Å²) < 4.78 is 5.39. The van der Waals surface area contributed by atoms with Gasteiger partial charge in [0.2, 0.25) is 0 Å². The highest BCUT2D eigenvalue weighted by Crippen LogP contribution is 2.30. The molecule has 5 nitrogen and oxygen atoms in total. The van der Waals surface area contributed by atoms with Gasteiger partial charge in [0.05, 0.1) is 0 Å². The van der Waals surface area contributed by atoms with E-state index in [0.717, 1.165) is 26.3 Å². The molecule has 3 unspecified atom stereocenters. The van der Waals surface area contributed by atoms with Crippen molar-refractivity contribution in [2.24, 2.45) is 22.9 Å². The molecule has 15 heavy (non-hydrogen) atoms. The molecule has 2 fully saturated rings. The maximum absolute atomic E-state index is 8.29. The van der Waals surface area contributed by atoms with E-state index in [0.29, 0.717) is 24.3 Å². The summed E-state index contributed by atoms with van der Waals surface area (Å²) in [5, 5.41) is 7.04.